The average Bonchev–Trinajstić information content (AvgIpc) is 2.50. The third-order valence-corrected chi connectivity index (χ3v) is 4.44. The summed E-state index contributed by atoms with van der Waals surface area (Å²) < 4.78 is 10.7. The van der Waals surface area contributed by atoms with E-state index in [2.05, 4.69) is 10.6 Å². The number of halogens is 1. The zero-order valence-electron chi connectivity index (χ0n) is 15.6. The van der Waals surface area contributed by atoms with E-state index in [1.54, 1.807) is 24.3 Å². The van der Waals surface area contributed by atoms with Crippen LogP contribution in [-0.2, 0) is 9.53 Å². The summed E-state index contributed by atoms with van der Waals surface area (Å²) in [4.78, 5) is 23.9. The van der Waals surface area contributed by atoms with Crippen molar-refractivity contribution < 1.29 is 19.1 Å². The van der Waals surface area contributed by atoms with Gasteiger partial charge in [0.1, 0.15) is 11.4 Å². The van der Waals surface area contributed by atoms with Crippen molar-refractivity contribution in [1.82, 2.24) is 10.6 Å². The van der Waals surface area contributed by atoms with Gasteiger partial charge in [-0.25, -0.2) is 4.79 Å². The van der Waals surface area contributed by atoms with Crippen molar-refractivity contribution in [1.29, 1.82) is 0 Å². The Morgan fingerprint density at radius 3 is 2.38 bits per heavy atom. The summed E-state index contributed by atoms with van der Waals surface area (Å²) in [5.41, 5.74) is -0.811. The lowest BCUT2D eigenvalue weighted by Crippen LogP contribution is -2.56. The molecular weight excluding hydrogens is 356 g/mol. The summed E-state index contributed by atoms with van der Waals surface area (Å²) in [5, 5.41) is 6.41. The molecule has 1 fully saturated rings. The van der Waals surface area contributed by atoms with Crippen LogP contribution in [0.3, 0.4) is 0 Å². The number of ether oxygens (including phenoxy) is 2. The molecule has 0 aromatic heterocycles. The molecule has 0 spiro atoms. The molecule has 0 atom stereocenters. The summed E-state index contributed by atoms with van der Waals surface area (Å²) in [6, 6.07) is 6.84. The first-order valence-corrected chi connectivity index (χ1v) is 9.22. The Kier molecular flexibility index (Phi) is 6.75. The topological polar surface area (TPSA) is 76.7 Å². The highest BCUT2D eigenvalue weighted by atomic mass is 35.5. The first-order chi connectivity index (χ1) is 12.2. The van der Waals surface area contributed by atoms with Gasteiger partial charge in [-0.15, -0.1) is 0 Å². The molecule has 1 aromatic carbocycles. The first kappa shape index (κ1) is 20.4. The molecule has 2 amide bonds. The van der Waals surface area contributed by atoms with E-state index in [0.717, 1.165) is 19.3 Å². The molecule has 1 aliphatic rings. The molecular formula is C19H27ClN2O4. The number of carbonyl (C=O) groups excluding carboxylic acids is 2. The molecule has 7 heteroatoms. The van der Waals surface area contributed by atoms with Crippen molar-refractivity contribution in [2.75, 3.05) is 13.2 Å². The molecule has 1 saturated carbocycles. The van der Waals surface area contributed by atoms with Gasteiger partial charge in [-0.3, -0.25) is 4.79 Å². The van der Waals surface area contributed by atoms with E-state index in [0.29, 0.717) is 23.7 Å². The maximum atomic E-state index is 12.0. The van der Waals surface area contributed by atoms with Gasteiger partial charge in [-0.05, 0) is 70.7 Å². The van der Waals surface area contributed by atoms with Crippen LogP contribution in [0.4, 0.5) is 4.79 Å². The molecule has 0 bridgehead atoms. The van der Waals surface area contributed by atoms with Gasteiger partial charge in [0, 0.05) is 17.1 Å². The number of nitrogens with one attached hydrogen (secondary N) is 2. The fourth-order valence-corrected chi connectivity index (χ4v) is 2.86. The third-order valence-electron chi connectivity index (χ3n) is 4.19. The fourth-order valence-electron chi connectivity index (χ4n) is 2.73. The number of carbonyl (C=O) groups is 2. The lowest BCUT2D eigenvalue weighted by Gasteiger charge is -2.42. The van der Waals surface area contributed by atoms with Crippen molar-refractivity contribution in [2.24, 2.45) is 0 Å². The second-order valence-corrected chi connectivity index (χ2v) is 8.04. The quantitative estimate of drug-likeness (QED) is 0.754. The lowest BCUT2D eigenvalue weighted by atomic mass is 9.74. The van der Waals surface area contributed by atoms with Crippen LogP contribution in [0.15, 0.2) is 24.3 Å². The first-order valence-electron chi connectivity index (χ1n) is 8.84. The van der Waals surface area contributed by atoms with E-state index in [-0.39, 0.29) is 18.1 Å². The molecule has 2 N–H and O–H groups in total. The second kappa shape index (κ2) is 8.62. The van der Waals surface area contributed by atoms with Crippen molar-refractivity contribution in [3.05, 3.63) is 29.3 Å². The number of hydrogen-bond donors (Lipinski definition) is 2. The Morgan fingerprint density at radius 2 is 1.85 bits per heavy atom. The van der Waals surface area contributed by atoms with Gasteiger partial charge in [-0.2, -0.15) is 0 Å². The molecule has 0 heterocycles. The van der Waals surface area contributed by atoms with E-state index in [9.17, 15) is 9.59 Å². The Bertz CT molecular complexity index is 621. The molecule has 26 heavy (non-hydrogen) atoms. The van der Waals surface area contributed by atoms with Crippen molar-refractivity contribution in [3.63, 3.8) is 0 Å². The van der Waals surface area contributed by atoms with E-state index in [1.165, 1.54) is 0 Å². The van der Waals surface area contributed by atoms with Crippen LogP contribution >= 0.6 is 11.6 Å². The van der Waals surface area contributed by atoms with Gasteiger partial charge in [0.2, 0.25) is 0 Å². The van der Waals surface area contributed by atoms with Gasteiger partial charge >= 0.3 is 6.09 Å². The number of alkyl carbamates (subject to hydrolysis) is 1. The van der Waals surface area contributed by atoms with E-state index >= 15 is 0 Å². The minimum absolute atomic E-state index is 0.0614. The van der Waals surface area contributed by atoms with Crippen LogP contribution < -0.4 is 15.4 Å². The fraction of sp³-hybridized carbons (Fsp3) is 0.579. The van der Waals surface area contributed by atoms with Gasteiger partial charge in [-0.1, -0.05) is 11.6 Å². The summed E-state index contributed by atoms with van der Waals surface area (Å²) in [7, 11) is 0. The van der Waals surface area contributed by atoms with E-state index < -0.39 is 11.7 Å². The van der Waals surface area contributed by atoms with Crippen LogP contribution in [-0.4, -0.2) is 36.3 Å². The number of hydrogen-bond acceptors (Lipinski definition) is 4. The predicted octanol–water partition coefficient (Wildman–Crippen LogP) is 3.67. The Balaban J connectivity index is 1.70. The lowest BCUT2D eigenvalue weighted by molar-refractivity contribution is -0.123. The third kappa shape index (κ3) is 6.75. The maximum Gasteiger partial charge on any atom is 0.408 e. The van der Waals surface area contributed by atoms with Crippen LogP contribution in [0.5, 0.6) is 5.75 Å². The van der Waals surface area contributed by atoms with Gasteiger partial charge in [0.05, 0.1) is 0 Å². The van der Waals surface area contributed by atoms with Gasteiger partial charge in [0.15, 0.2) is 6.61 Å². The van der Waals surface area contributed by atoms with Crippen LogP contribution in [0.1, 0.15) is 46.5 Å². The molecule has 144 valence electrons. The van der Waals surface area contributed by atoms with Gasteiger partial charge < -0.3 is 20.1 Å². The molecule has 1 aromatic rings. The number of benzene rings is 1. The standard InChI is InChI=1S/C19H27ClN2O4/c1-18(2,3)26-17(24)22-19(9-4-10-19)11-12-21-16(23)13-25-15-7-5-14(20)6-8-15/h5-8H,4,9-13H2,1-3H3,(H,21,23)(H,22,24). The number of amides is 2. The predicted molar refractivity (Wildman–Crippen MR) is 101 cm³/mol. The molecule has 0 saturated heterocycles. The Morgan fingerprint density at radius 1 is 1.19 bits per heavy atom. The zero-order valence-corrected chi connectivity index (χ0v) is 16.3. The molecule has 0 radical (unpaired) electrons. The van der Waals surface area contributed by atoms with Crippen LogP contribution in [0, 0.1) is 0 Å². The molecule has 0 aliphatic heterocycles. The minimum Gasteiger partial charge on any atom is -0.484 e. The van der Waals surface area contributed by atoms with E-state index in [1.807, 2.05) is 20.8 Å². The summed E-state index contributed by atoms with van der Waals surface area (Å²) in [6.07, 6.45) is 3.10. The second-order valence-electron chi connectivity index (χ2n) is 7.60. The summed E-state index contributed by atoms with van der Waals surface area (Å²) in [5.74, 6) is 0.387. The minimum atomic E-state index is -0.526. The Labute approximate surface area is 159 Å². The largest absolute Gasteiger partial charge is 0.484 e. The zero-order chi connectivity index (χ0) is 19.2. The highest BCUT2D eigenvalue weighted by molar-refractivity contribution is 6.30. The molecule has 2 rings (SSSR count). The van der Waals surface area contributed by atoms with Crippen molar-refractivity contribution >= 4 is 23.6 Å². The average molecular weight is 383 g/mol. The molecule has 0 unspecified atom stereocenters. The SMILES string of the molecule is CC(C)(C)OC(=O)NC1(CCNC(=O)COc2ccc(Cl)cc2)CCC1. The monoisotopic (exact) mass is 382 g/mol. The van der Waals surface area contributed by atoms with Crippen LogP contribution in [0.2, 0.25) is 5.02 Å². The highest BCUT2D eigenvalue weighted by Crippen LogP contribution is 2.34. The summed E-state index contributed by atoms with van der Waals surface area (Å²) >= 11 is 5.80. The summed E-state index contributed by atoms with van der Waals surface area (Å²) in [6.45, 7) is 5.91. The maximum absolute atomic E-state index is 12.0. The molecule has 6 nitrogen and oxygen atoms in total. The normalized spacial score (nSPS) is 15.5. The van der Waals surface area contributed by atoms with Crippen molar-refractivity contribution in [3.8, 4) is 5.75 Å². The van der Waals surface area contributed by atoms with Crippen molar-refractivity contribution in [2.45, 2.75) is 57.6 Å². The van der Waals surface area contributed by atoms with Gasteiger partial charge in [0.25, 0.3) is 5.91 Å². The Hall–Kier alpha value is -1.95. The highest BCUT2D eigenvalue weighted by Gasteiger charge is 2.39. The van der Waals surface area contributed by atoms with E-state index in [4.69, 9.17) is 21.1 Å². The smallest absolute Gasteiger partial charge is 0.408 e. The number of rotatable bonds is 7. The van der Waals surface area contributed by atoms with Crippen LogP contribution in [0.25, 0.3) is 0 Å². The molecule has 1 aliphatic carbocycles.